The SMILES string of the molecule is C=C[C@@H](C)C[C@@H](O)C(C)C. The van der Waals surface area contributed by atoms with Gasteiger partial charge in [-0.2, -0.15) is 0 Å². The van der Waals surface area contributed by atoms with Gasteiger partial charge in [0.15, 0.2) is 0 Å². The first-order chi connectivity index (χ1) is 4.57. The number of rotatable bonds is 4. The maximum Gasteiger partial charge on any atom is 0.0568 e. The summed E-state index contributed by atoms with van der Waals surface area (Å²) in [6.07, 6.45) is 2.54. The lowest BCUT2D eigenvalue weighted by molar-refractivity contribution is 0.106. The molecule has 0 heterocycles. The van der Waals surface area contributed by atoms with E-state index in [-0.39, 0.29) is 6.10 Å². The van der Waals surface area contributed by atoms with Gasteiger partial charge in [0.05, 0.1) is 6.10 Å². The topological polar surface area (TPSA) is 20.2 Å². The molecule has 0 aromatic carbocycles. The second kappa shape index (κ2) is 4.51. The van der Waals surface area contributed by atoms with Crippen LogP contribution in [-0.2, 0) is 0 Å². The van der Waals surface area contributed by atoms with Gasteiger partial charge in [-0.3, -0.25) is 0 Å². The smallest absolute Gasteiger partial charge is 0.0568 e. The number of allylic oxidation sites excluding steroid dienone is 1. The second-order valence-electron chi connectivity index (χ2n) is 3.26. The first-order valence-corrected chi connectivity index (χ1v) is 3.88. The van der Waals surface area contributed by atoms with Crippen LogP contribution in [0.5, 0.6) is 0 Å². The van der Waals surface area contributed by atoms with Crippen molar-refractivity contribution < 1.29 is 5.11 Å². The number of hydrogen-bond donors (Lipinski definition) is 1. The van der Waals surface area contributed by atoms with E-state index in [1.807, 2.05) is 19.9 Å². The molecule has 0 aliphatic rings. The van der Waals surface area contributed by atoms with Crippen LogP contribution in [0.15, 0.2) is 12.7 Å². The highest BCUT2D eigenvalue weighted by atomic mass is 16.3. The molecule has 0 saturated carbocycles. The maximum atomic E-state index is 9.38. The first kappa shape index (κ1) is 9.70. The van der Waals surface area contributed by atoms with Gasteiger partial charge in [0, 0.05) is 0 Å². The molecule has 0 aliphatic carbocycles. The predicted octanol–water partition coefficient (Wildman–Crippen LogP) is 2.22. The molecule has 0 spiro atoms. The Kier molecular flexibility index (Phi) is 4.37. The van der Waals surface area contributed by atoms with Gasteiger partial charge >= 0.3 is 0 Å². The van der Waals surface area contributed by atoms with Gasteiger partial charge in [0.1, 0.15) is 0 Å². The highest BCUT2D eigenvalue weighted by Gasteiger charge is 2.10. The molecule has 0 radical (unpaired) electrons. The molecule has 60 valence electrons. The fourth-order valence-corrected chi connectivity index (χ4v) is 0.749. The van der Waals surface area contributed by atoms with Crippen molar-refractivity contribution in [3.05, 3.63) is 12.7 Å². The summed E-state index contributed by atoms with van der Waals surface area (Å²) in [6.45, 7) is 9.79. The third-order valence-electron chi connectivity index (χ3n) is 1.79. The van der Waals surface area contributed by atoms with Gasteiger partial charge < -0.3 is 5.11 Å². The number of hydrogen-bond acceptors (Lipinski definition) is 1. The van der Waals surface area contributed by atoms with Gasteiger partial charge in [0.25, 0.3) is 0 Å². The third-order valence-corrected chi connectivity index (χ3v) is 1.79. The molecule has 0 rings (SSSR count). The quantitative estimate of drug-likeness (QED) is 0.597. The Hall–Kier alpha value is -0.300. The lowest BCUT2D eigenvalue weighted by Gasteiger charge is -2.16. The molecule has 0 unspecified atom stereocenters. The second-order valence-corrected chi connectivity index (χ2v) is 3.26. The Balaban J connectivity index is 3.56. The van der Waals surface area contributed by atoms with Crippen LogP contribution in [0.3, 0.4) is 0 Å². The Morgan fingerprint density at radius 3 is 2.20 bits per heavy atom. The van der Waals surface area contributed by atoms with Crippen molar-refractivity contribution in [2.45, 2.75) is 33.3 Å². The highest BCUT2D eigenvalue weighted by Crippen LogP contribution is 2.12. The van der Waals surface area contributed by atoms with Gasteiger partial charge in [-0.25, -0.2) is 0 Å². The van der Waals surface area contributed by atoms with E-state index in [1.165, 1.54) is 0 Å². The van der Waals surface area contributed by atoms with Crippen LogP contribution < -0.4 is 0 Å². The Morgan fingerprint density at radius 1 is 1.40 bits per heavy atom. The summed E-state index contributed by atoms with van der Waals surface area (Å²) in [5.41, 5.74) is 0. The molecule has 0 aromatic rings. The maximum absolute atomic E-state index is 9.38. The fourth-order valence-electron chi connectivity index (χ4n) is 0.749. The molecule has 1 N–H and O–H groups in total. The fraction of sp³-hybridized carbons (Fsp3) is 0.778. The van der Waals surface area contributed by atoms with E-state index in [9.17, 15) is 5.11 Å². The minimum atomic E-state index is -0.173. The molecule has 0 amide bonds. The van der Waals surface area contributed by atoms with Crippen LogP contribution in [0, 0.1) is 11.8 Å². The van der Waals surface area contributed by atoms with Crippen LogP contribution in [-0.4, -0.2) is 11.2 Å². The minimum Gasteiger partial charge on any atom is -0.393 e. The summed E-state index contributed by atoms with van der Waals surface area (Å²) >= 11 is 0. The molecule has 2 atom stereocenters. The van der Waals surface area contributed by atoms with E-state index >= 15 is 0 Å². The standard InChI is InChI=1S/C9H18O/c1-5-8(4)6-9(10)7(2)3/h5,7-10H,1,6H2,2-4H3/t8-,9-/m1/s1. The average molecular weight is 142 g/mol. The predicted molar refractivity (Wildman–Crippen MR) is 44.8 cm³/mol. The van der Waals surface area contributed by atoms with Crippen LogP contribution in [0.4, 0.5) is 0 Å². The Labute approximate surface area is 63.8 Å². The summed E-state index contributed by atoms with van der Waals surface area (Å²) in [7, 11) is 0. The van der Waals surface area contributed by atoms with Crippen molar-refractivity contribution in [3.63, 3.8) is 0 Å². The first-order valence-electron chi connectivity index (χ1n) is 3.88. The van der Waals surface area contributed by atoms with Gasteiger partial charge in [-0.15, -0.1) is 6.58 Å². The zero-order valence-electron chi connectivity index (χ0n) is 7.17. The van der Waals surface area contributed by atoms with E-state index in [1.54, 1.807) is 0 Å². The largest absolute Gasteiger partial charge is 0.393 e. The van der Waals surface area contributed by atoms with Crippen LogP contribution in [0.25, 0.3) is 0 Å². The molecule has 0 fully saturated rings. The molecule has 1 heteroatoms. The van der Waals surface area contributed by atoms with Gasteiger partial charge in [-0.05, 0) is 18.3 Å². The molecule has 10 heavy (non-hydrogen) atoms. The van der Waals surface area contributed by atoms with Crippen molar-refractivity contribution in [1.29, 1.82) is 0 Å². The summed E-state index contributed by atoms with van der Waals surface area (Å²) in [6, 6.07) is 0. The van der Waals surface area contributed by atoms with Crippen LogP contribution in [0.2, 0.25) is 0 Å². The van der Waals surface area contributed by atoms with Gasteiger partial charge in [-0.1, -0.05) is 26.8 Å². The summed E-state index contributed by atoms with van der Waals surface area (Å²) in [4.78, 5) is 0. The Morgan fingerprint density at radius 2 is 1.90 bits per heavy atom. The van der Waals surface area contributed by atoms with Crippen LogP contribution in [0.1, 0.15) is 27.2 Å². The Bertz CT molecular complexity index is 96.9. The molecular formula is C9H18O. The zero-order chi connectivity index (χ0) is 8.15. The molecule has 0 aliphatic heterocycles. The van der Waals surface area contributed by atoms with Crippen molar-refractivity contribution >= 4 is 0 Å². The third kappa shape index (κ3) is 3.67. The lowest BCUT2D eigenvalue weighted by Crippen LogP contribution is -2.17. The van der Waals surface area contributed by atoms with E-state index < -0.39 is 0 Å². The molecule has 0 aromatic heterocycles. The summed E-state index contributed by atoms with van der Waals surface area (Å²) in [5, 5.41) is 9.38. The van der Waals surface area contributed by atoms with E-state index in [0.29, 0.717) is 11.8 Å². The number of aliphatic hydroxyl groups is 1. The molecule has 0 saturated heterocycles. The summed E-state index contributed by atoms with van der Waals surface area (Å²) < 4.78 is 0. The normalized spacial score (nSPS) is 16.9. The zero-order valence-corrected chi connectivity index (χ0v) is 7.17. The van der Waals surface area contributed by atoms with Crippen molar-refractivity contribution in [3.8, 4) is 0 Å². The lowest BCUT2D eigenvalue weighted by atomic mass is 9.96. The highest BCUT2D eigenvalue weighted by molar-refractivity contribution is 4.78. The van der Waals surface area contributed by atoms with Crippen molar-refractivity contribution in [2.24, 2.45) is 11.8 Å². The molecule has 1 nitrogen and oxygen atoms in total. The molecular weight excluding hydrogens is 124 g/mol. The van der Waals surface area contributed by atoms with Gasteiger partial charge in [0.2, 0.25) is 0 Å². The van der Waals surface area contributed by atoms with Crippen molar-refractivity contribution in [2.75, 3.05) is 0 Å². The van der Waals surface area contributed by atoms with E-state index in [0.717, 1.165) is 6.42 Å². The van der Waals surface area contributed by atoms with E-state index in [4.69, 9.17) is 0 Å². The number of aliphatic hydroxyl groups excluding tert-OH is 1. The van der Waals surface area contributed by atoms with Crippen molar-refractivity contribution in [1.82, 2.24) is 0 Å². The van der Waals surface area contributed by atoms with E-state index in [2.05, 4.69) is 13.5 Å². The van der Waals surface area contributed by atoms with Crippen LogP contribution >= 0.6 is 0 Å². The average Bonchev–Trinajstić information content (AvgIpc) is 1.87. The minimum absolute atomic E-state index is 0.173. The molecule has 0 bridgehead atoms. The monoisotopic (exact) mass is 142 g/mol. The summed E-state index contributed by atoms with van der Waals surface area (Å²) in [5.74, 6) is 0.791.